The monoisotopic (exact) mass is 427 g/mol. The van der Waals surface area contributed by atoms with Gasteiger partial charge in [0.25, 0.3) is 0 Å². The average molecular weight is 428 g/mol. The van der Waals surface area contributed by atoms with Crippen LogP contribution >= 0.6 is 11.6 Å². The van der Waals surface area contributed by atoms with E-state index in [0.717, 1.165) is 69.5 Å². The molecule has 30 heavy (non-hydrogen) atoms. The molecule has 0 N–H and O–H groups in total. The normalized spacial score (nSPS) is 17.5. The lowest BCUT2D eigenvalue weighted by Gasteiger charge is -2.28. The zero-order valence-corrected chi connectivity index (χ0v) is 17.9. The van der Waals surface area contributed by atoms with E-state index in [-0.39, 0.29) is 10.6 Å². The van der Waals surface area contributed by atoms with E-state index < -0.39 is 0 Å². The molecule has 0 saturated carbocycles. The van der Waals surface area contributed by atoms with E-state index in [1.54, 1.807) is 6.92 Å². The molecule has 2 saturated heterocycles. The van der Waals surface area contributed by atoms with Crippen molar-refractivity contribution >= 4 is 34.9 Å². The SMILES string of the molecule is Cc1nc(/C=C(/c2ccccc2Cl)N2CCCC2)c([N+](=O)[O-])c(N2CCCCC2)n1. The molecule has 2 aliphatic heterocycles. The first-order valence-electron chi connectivity index (χ1n) is 10.5. The van der Waals surface area contributed by atoms with E-state index in [2.05, 4.69) is 14.9 Å². The van der Waals surface area contributed by atoms with Crippen LogP contribution in [0.5, 0.6) is 0 Å². The minimum Gasteiger partial charge on any atom is -0.371 e. The van der Waals surface area contributed by atoms with Crippen LogP contribution in [-0.2, 0) is 0 Å². The van der Waals surface area contributed by atoms with Gasteiger partial charge in [-0.2, -0.15) is 0 Å². The molecular weight excluding hydrogens is 402 g/mol. The second-order valence-electron chi connectivity index (χ2n) is 7.84. The molecule has 0 spiro atoms. The van der Waals surface area contributed by atoms with Crippen LogP contribution in [0.1, 0.15) is 49.2 Å². The van der Waals surface area contributed by atoms with Crippen LogP contribution in [0.4, 0.5) is 11.5 Å². The number of aromatic nitrogens is 2. The highest BCUT2D eigenvalue weighted by atomic mass is 35.5. The zero-order chi connectivity index (χ0) is 21.1. The van der Waals surface area contributed by atoms with E-state index >= 15 is 0 Å². The Balaban J connectivity index is 1.88. The molecule has 7 nitrogen and oxygen atoms in total. The van der Waals surface area contributed by atoms with E-state index in [0.29, 0.717) is 22.4 Å². The fourth-order valence-electron chi connectivity index (χ4n) is 4.27. The number of aryl methyl sites for hydroxylation is 1. The maximum Gasteiger partial charge on any atom is 0.337 e. The quantitative estimate of drug-likeness (QED) is 0.497. The van der Waals surface area contributed by atoms with Gasteiger partial charge in [-0.1, -0.05) is 29.8 Å². The Morgan fingerprint density at radius 2 is 1.73 bits per heavy atom. The number of hydrogen-bond donors (Lipinski definition) is 0. The summed E-state index contributed by atoms with van der Waals surface area (Å²) < 4.78 is 0. The van der Waals surface area contributed by atoms with Crippen molar-refractivity contribution in [2.24, 2.45) is 0 Å². The largest absolute Gasteiger partial charge is 0.371 e. The lowest BCUT2D eigenvalue weighted by Crippen LogP contribution is -2.31. The maximum absolute atomic E-state index is 12.1. The Morgan fingerprint density at radius 3 is 2.40 bits per heavy atom. The van der Waals surface area contributed by atoms with Crippen molar-refractivity contribution < 1.29 is 4.92 Å². The number of anilines is 1. The summed E-state index contributed by atoms with van der Waals surface area (Å²) in [5.41, 5.74) is 2.07. The molecule has 2 aliphatic rings. The minimum atomic E-state index is -0.344. The van der Waals surface area contributed by atoms with E-state index in [9.17, 15) is 10.1 Å². The third-order valence-corrected chi connectivity index (χ3v) is 6.04. The lowest BCUT2D eigenvalue weighted by atomic mass is 10.1. The number of likely N-dealkylation sites (tertiary alicyclic amines) is 1. The topological polar surface area (TPSA) is 75.4 Å². The number of nitro groups is 1. The van der Waals surface area contributed by atoms with Gasteiger partial charge >= 0.3 is 5.69 Å². The molecule has 3 heterocycles. The van der Waals surface area contributed by atoms with Gasteiger partial charge in [0.1, 0.15) is 11.5 Å². The van der Waals surface area contributed by atoms with Crippen LogP contribution in [0.25, 0.3) is 11.8 Å². The van der Waals surface area contributed by atoms with Crippen molar-refractivity contribution in [1.82, 2.24) is 14.9 Å². The molecule has 1 aromatic heterocycles. The first kappa shape index (κ1) is 20.6. The molecular formula is C22H26ClN5O2. The van der Waals surface area contributed by atoms with Crippen molar-refractivity contribution in [3.8, 4) is 0 Å². The third-order valence-electron chi connectivity index (χ3n) is 5.71. The lowest BCUT2D eigenvalue weighted by molar-refractivity contribution is -0.384. The molecule has 158 valence electrons. The minimum absolute atomic E-state index is 0.0220. The van der Waals surface area contributed by atoms with Crippen molar-refractivity contribution in [3.63, 3.8) is 0 Å². The Labute approximate surface area is 181 Å². The van der Waals surface area contributed by atoms with Crippen molar-refractivity contribution in [3.05, 3.63) is 56.5 Å². The summed E-state index contributed by atoms with van der Waals surface area (Å²) in [6, 6.07) is 7.63. The first-order valence-corrected chi connectivity index (χ1v) is 10.9. The Kier molecular flexibility index (Phi) is 6.18. The third kappa shape index (κ3) is 4.26. The number of hydrogen-bond acceptors (Lipinski definition) is 6. The summed E-state index contributed by atoms with van der Waals surface area (Å²) in [5, 5.41) is 12.8. The predicted octanol–water partition coefficient (Wildman–Crippen LogP) is 4.93. The fourth-order valence-corrected chi connectivity index (χ4v) is 4.50. The van der Waals surface area contributed by atoms with E-state index in [4.69, 9.17) is 11.6 Å². The second-order valence-corrected chi connectivity index (χ2v) is 8.24. The highest BCUT2D eigenvalue weighted by Gasteiger charge is 2.29. The van der Waals surface area contributed by atoms with Gasteiger partial charge in [-0.3, -0.25) is 10.1 Å². The van der Waals surface area contributed by atoms with Crippen LogP contribution < -0.4 is 4.90 Å². The average Bonchev–Trinajstić information content (AvgIpc) is 3.27. The van der Waals surface area contributed by atoms with E-state index in [1.165, 1.54) is 0 Å². The van der Waals surface area contributed by atoms with Gasteiger partial charge in [-0.15, -0.1) is 0 Å². The van der Waals surface area contributed by atoms with Crippen molar-refractivity contribution in [2.45, 2.75) is 39.0 Å². The number of halogens is 1. The molecule has 0 unspecified atom stereocenters. The predicted molar refractivity (Wildman–Crippen MR) is 120 cm³/mol. The van der Waals surface area contributed by atoms with Crippen LogP contribution in [0.15, 0.2) is 24.3 Å². The highest BCUT2D eigenvalue weighted by molar-refractivity contribution is 6.32. The van der Waals surface area contributed by atoms with E-state index in [1.807, 2.05) is 35.2 Å². The number of nitrogens with zero attached hydrogens (tertiary/aromatic N) is 5. The molecule has 1 aromatic carbocycles. The zero-order valence-electron chi connectivity index (χ0n) is 17.2. The molecule has 0 amide bonds. The van der Waals surface area contributed by atoms with Crippen LogP contribution in [-0.4, -0.2) is 46.0 Å². The summed E-state index contributed by atoms with van der Waals surface area (Å²) in [7, 11) is 0. The number of rotatable bonds is 5. The molecule has 0 aliphatic carbocycles. The van der Waals surface area contributed by atoms with Gasteiger partial charge < -0.3 is 9.80 Å². The molecule has 2 fully saturated rings. The standard InChI is InChI=1S/C22H26ClN5O2/c1-16-24-19(21(28(29)30)22(25-16)27-13-5-2-6-14-27)15-20(26-11-7-8-12-26)17-9-3-4-10-18(17)23/h3-4,9-10,15H,2,5-8,11-14H2,1H3/b20-15-. The van der Waals surface area contributed by atoms with Gasteiger partial charge in [-0.25, -0.2) is 9.97 Å². The molecule has 2 aromatic rings. The summed E-state index contributed by atoms with van der Waals surface area (Å²) in [6.07, 6.45) is 7.19. The van der Waals surface area contributed by atoms with Gasteiger partial charge in [0.2, 0.25) is 5.82 Å². The van der Waals surface area contributed by atoms with Crippen LogP contribution in [0.2, 0.25) is 5.02 Å². The summed E-state index contributed by atoms with van der Waals surface area (Å²) in [4.78, 5) is 25.0. The Bertz CT molecular complexity index is 966. The molecule has 4 rings (SSSR count). The fraction of sp³-hybridized carbons (Fsp3) is 0.455. The van der Waals surface area contributed by atoms with Crippen molar-refractivity contribution in [1.29, 1.82) is 0 Å². The van der Waals surface area contributed by atoms with Crippen molar-refractivity contribution in [2.75, 3.05) is 31.1 Å². The molecule has 0 atom stereocenters. The Hall–Kier alpha value is -2.67. The Morgan fingerprint density at radius 1 is 1.07 bits per heavy atom. The summed E-state index contributed by atoms with van der Waals surface area (Å²) in [6.45, 7) is 5.15. The summed E-state index contributed by atoms with van der Waals surface area (Å²) >= 11 is 6.51. The summed E-state index contributed by atoms with van der Waals surface area (Å²) in [5.74, 6) is 0.964. The van der Waals surface area contributed by atoms with Gasteiger partial charge in [0, 0.05) is 42.5 Å². The highest BCUT2D eigenvalue weighted by Crippen LogP contribution is 2.36. The second kappa shape index (κ2) is 9.00. The smallest absolute Gasteiger partial charge is 0.337 e. The molecule has 0 bridgehead atoms. The van der Waals surface area contributed by atoms with Gasteiger partial charge in [0.05, 0.1) is 4.92 Å². The number of benzene rings is 1. The molecule has 0 radical (unpaired) electrons. The molecule has 8 heteroatoms. The maximum atomic E-state index is 12.1. The van der Waals surface area contributed by atoms with Gasteiger partial charge in [0.15, 0.2) is 0 Å². The first-order chi connectivity index (χ1) is 14.5. The van der Waals surface area contributed by atoms with Crippen LogP contribution in [0, 0.1) is 17.0 Å². The van der Waals surface area contributed by atoms with Gasteiger partial charge in [-0.05, 0) is 51.2 Å². The van der Waals surface area contributed by atoms with Crippen LogP contribution in [0.3, 0.4) is 0 Å². The number of piperidine rings is 1.